The molecule has 0 spiro atoms. The fourth-order valence-electron chi connectivity index (χ4n) is 2.55. The van der Waals surface area contributed by atoms with Crippen molar-refractivity contribution in [2.75, 3.05) is 13.1 Å². The van der Waals surface area contributed by atoms with Gasteiger partial charge in [-0.1, -0.05) is 12.1 Å². The number of carbonyl (C=O) groups is 2. The lowest BCUT2D eigenvalue weighted by atomic mass is 9.75. The molecule has 2 rings (SSSR count). The van der Waals surface area contributed by atoms with Gasteiger partial charge in [0.15, 0.2) is 5.78 Å². The van der Waals surface area contributed by atoms with Gasteiger partial charge in [0.1, 0.15) is 5.60 Å². The van der Waals surface area contributed by atoms with E-state index in [-0.39, 0.29) is 24.4 Å². The molecule has 1 heterocycles. The van der Waals surface area contributed by atoms with Crippen LogP contribution in [0.2, 0.25) is 0 Å². The Morgan fingerprint density at radius 3 is 2.00 bits per heavy atom. The van der Waals surface area contributed by atoms with Crippen molar-refractivity contribution in [1.29, 1.82) is 0 Å². The van der Waals surface area contributed by atoms with Gasteiger partial charge in [-0.05, 0) is 39.8 Å². The summed E-state index contributed by atoms with van der Waals surface area (Å²) >= 11 is 0. The highest BCUT2D eigenvalue weighted by molar-refractivity contribution is 6.02. The number of alkyl halides is 3. The summed E-state index contributed by atoms with van der Waals surface area (Å²) in [7, 11) is 0. The van der Waals surface area contributed by atoms with E-state index in [0.717, 1.165) is 12.1 Å². The second-order valence-corrected chi connectivity index (χ2v) is 7.30. The number of nitrogens with zero attached hydrogens (tertiary/aromatic N) is 1. The number of ether oxygens (including phenoxy) is 1. The molecule has 0 aromatic heterocycles. The maximum atomic E-state index is 12.6. The minimum atomic E-state index is -4.44. The zero-order valence-electron chi connectivity index (χ0n) is 14.0. The average Bonchev–Trinajstić information content (AvgIpc) is 2.40. The normalized spacial score (nSPS) is 17.2. The molecule has 1 aromatic rings. The van der Waals surface area contributed by atoms with Crippen LogP contribution in [0.3, 0.4) is 0 Å². The summed E-state index contributed by atoms with van der Waals surface area (Å²) in [5.41, 5.74) is -2.03. The SMILES string of the molecule is CC(C)(C)OC(=O)N1CC(C)(C(=O)c2ccc(C(F)(F)F)cc2)C1. The van der Waals surface area contributed by atoms with Crippen molar-refractivity contribution in [2.45, 2.75) is 39.5 Å². The van der Waals surface area contributed by atoms with E-state index in [2.05, 4.69) is 0 Å². The third kappa shape index (κ3) is 3.88. The fourth-order valence-corrected chi connectivity index (χ4v) is 2.55. The van der Waals surface area contributed by atoms with Gasteiger partial charge >= 0.3 is 12.3 Å². The molecule has 0 radical (unpaired) electrons. The van der Waals surface area contributed by atoms with Crippen molar-refractivity contribution in [3.8, 4) is 0 Å². The van der Waals surface area contributed by atoms with Crippen LogP contribution in [0, 0.1) is 5.41 Å². The Morgan fingerprint density at radius 2 is 1.58 bits per heavy atom. The van der Waals surface area contributed by atoms with Crippen LogP contribution >= 0.6 is 0 Å². The van der Waals surface area contributed by atoms with Crippen molar-refractivity contribution in [3.63, 3.8) is 0 Å². The van der Waals surface area contributed by atoms with Gasteiger partial charge in [-0.3, -0.25) is 4.79 Å². The summed E-state index contributed by atoms with van der Waals surface area (Å²) in [6.45, 7) is 7.29. The van der Waals surface area contributed by atoms with Gasteiger partial charge < -0.3 is 9.64 Å². The highest BCUT2D eigenvalue weighted by Crippen LogP contribution is 2.35. The first-order valence-corrected chi connectivity index (χ1v) is 7.52. The minimum Gasteiger partial charge on any atom is -0.444 e. The first-order valence-electron chi connectivity index (χ1n) is 7.52. The Morgan fingerprint density at radius 1 is 1.08 bits per heavy atom. The lowest BCUT2D eigenvalue weighted by Crippen LogP contribution is -2.61. The lowest BCUT2D eigenvalue weighted by molar-refractivity contribution is -0.137. The Hall–Kier alpha value is -2.05. The topological polar surface area (TPSA) is 46.6 Å². The van der Waals surface area contributed by atoms with Crippen molar-refractivity contribution in [2.24, 2.45) is 5.41 Å². The summed E-state index contributed by atoms with van der Waals surface area (Å²) in [5.74, 6) is -0.281. The Balaban J connectivity index is 2.03. The number of halogens is 3. The van der Waals surface area contributed by atoms with Gasteiger partial charge in [0.25, 0.3) is 0 Å². The molecule has 1 amide bonds. The quantitative estimate of drug-likeness (QED) is 0.758. The van der Waals surface area contributed by atoms with Crippen LogP contribution in [0.4, 0.5) is 18.0 Å². The molecule has 0 atom stereocenters. The second-order valence-electron chi connectivity index (χ2n) is 7.30. The third-order valence-corrected chi connectivity index (χ3v) is 3.75. The minimum absolute atomic E-state index is 0.182. The molecule has 1 aliphatic rings. The lowest BCUT2D eigenvalue weighted by Gasteiger charge is -2.46. The summed E-state index contributed by atoms with van der Waals surface area (Å²) in [6, 6.07) is 4.13. The van der Waals surface area contributed by atoms with Gasteiger partial charge in [0.2, 0.25) is 0 Å². The Labute approximate surface area is 138 Å². The van der Waals surface area contributed by atoms with E-state index >= 15 is 0 Å². The zero-order valence-corrected chi connectivity index (χ0v) is 14.0. The van der Waals surface area contributed by atoms with Gasteiger partial charge in [0.05, 0.1) is 11.0 Å². The van der Waals surface area contributed by atoms with E-state index in [4.69, 9.17) is 4.74 Å². The van der Waals surface area contributed by atoms with E-state index in [9.17, 15) is 22.8 Å². The van der Waals surface area contributed by atoms with Crippen molar-refractivity contribution in [1.82, 2.24) is 4.90 Å². The average molecular weight is 343 g/mol. The van der Waals surface area contributed by atoms with Crippen LogP contribution in [0.5, 0.6) is 0 Å². The molecule has 0 unspecified atom stereocenters. The Kier molecular flexibility index (Phi) is 4.41. The number of likely N-dealkylation sites (tertiary alicyclic amines) is 1. The number of hydrogen-bond acceptors (Lipinski definition) is 3. The number of hydrogen-bond donors (Lipinski definition) is 0. The van der Waals surface area contributed by atoms with Crippen molar-refractivity contribution >= 4 is 11.9 Å². The van der Waals surface area contributed by atoms with Crippen molar-refractivity contribution < 1.29 is 27.5 Å². The molecule has 0 saturated carbocycles. The number of rotatable bonds is 2. The molecular formula is C17H20F3NO3. The van der Waals surface area contributed by atoms with Gasteiger partial charge in [-0.15, -0.1) is 0 Å². The number of amides is 1. The van der Waals surface area contributed by atoms with Crippen LogP contribution < -0.4 is 0 Å². The summed E-state index contributed by atoms with van der Waals surface area (Å²) in [6.07, 6.45) is -4.93. The molecule has 1 fully saturated rings. The predicted octanol–water partition coefficient (Wildman–Crippen LogP) is 4.15. The first-order chi connectivity index (χ1) is 10.8. The molecule has 0 aliphatic carbocycles. The monoisotopic (exact) mass is 343 g/mol. The van der Waals surface area contributed by atoms with Gasteiger partial charge in [-0.2, -0.15) is 13.2 Å². The smallest absolute Gasteiger partial charge is 0.416 e. The number of Topliss-reactive ketones (excluding diaryl/α,β-unsaturated/α-hetero) is 1. The second kappa shape index (κ2) is 5.79. The zero-order chi connectivity index (χ0) is 18.3. The molecule has 7 heteroatoms. The largest absolute Gasteiger partial charge is 0.444 e. The van der Waals surface area contributed by atoms with Crippen molar-refractivity contribution in [3.05, 3.63) is 35.4 Å². The third-order valence-electron chi connectivity index (χ3n) is 3.75. The van der Waals surface area contributed by atoms with Crippen LogP contribution in [0.25, 0.3) is 0 Å². The molecule has 1 aromatic carbocycles. The maximum absolute atomic E-state index is 12.6. The van der Waals surface area contributed by atoms with Crippen LogP contribution in [-0.2, 0) is 10.9 Å². The molecule has 0 N–H and O–H groups in total. The first kappa shape index (κ1) is 18.3. The van der Waals surface area contributed by atoms with Crippen LogP contribution in [-0.4, -0.2) is 35.5 Å². The van der Waals surface area contributed by atoms with E-state index in [1.807, 2.05) is 0 Å². The number of benzene rings is 1. The number of ketones is 1. The molecule has 1 saturated heterocycles. The molecule has 0 bridgehead atoms. The molecule has 4 nitrogen and oxygen atoms in total. The predicted molar refractivity (Wildman–Crippen MR) is 81.7 cm³/mol. The maximum Gasteiger partial charge on any atom is 0.416 e. The van der Waals surface area contributed by atoms with E-state index < -0.39 is 28.8 Å². The fraction of sp³-hybridized carbons (Fsp3) is 0.529. The standard InChI is InChI=1S/C17H20F3NO3/c1-15(2,3)24-14(23)21-9-16(4,10-21)13(22)11-5-7-12(8-6-11)17(18,19)20/h5-8H,9-10H2,1-4H3. The molecular weight excluding hydrogens is 323 g/mol. The van der Waals surface area contributed by atoms with Gasteiger partial charge in [0, 0.05) is 18.7 Å². The van der Waals surface area contributed by atoms with Crippen LogP contribution in [0.15, 0.2) is 24.3 Å². The molecule has 132 valence electrons. The summed E-state index contributed by atoms with van der Waals surface area (Å²) in [4.78, 5) is 25.8. The Bertz CT molecular complexity index is 639. The van der Waals surface area contributed by atoms with E-state index in [1.54, 1.807) is 27.7 Å². The summed E-state index contributed by atoms with van der Waals surface area (Å²) < 4.78 is 42.9. The van der Waals surface area contributed by atoms with Gasteiger partial charge in [-0.25, -0.2) is 4.79 Å². The summed E-state index contributed by atoms with van der Waals surface area (Å²) in [5, 5.41) is 0. The molecule has 24 heavy (non-hydrogen) atoms. The number of carbonyl (C=O) groups excluding carboxylic acids is 2. The van der Waals surface area contributed by atoms with E-state index in [0.29, 0.717) is 0 Å². The highest BCUT2D eigenvalue weighted by Gasteiger charge is 2.48. The molecule has 1 aliphatic heterocycles. The van der Waals surface area contributed by atoms with Crippen LogP contribution in [0.1, 0.15) is 43.6 Å². The van der Waals surface area contributed by atoms with E-state index in [1.165, 1.54) is 17.0 Å². The highest BCUT2D eigenvalue weighted by atomic mass is 19.4.